The fraction of sp³-hybridized carbons (Fsp3) is 0.423. The molecule has 4 aromatic carbocycles. The third kappa shape index (κ3) is 11.4. The molecule has 0 radical (unpaired) electrons. The number of benzene rings is 4. The lowest BCUT2D eigenvalue weighted by molar-refractivity contribution is -0.129. The molecule has 2 aliphatic heterocycles. The average Bonchev–Trinajstić information content (AvgIpc) is 4.09. The number of halogens is 2. The molecule has 324 valence electrons. The van der Waals surface area contributed by atoms with E-state index in [2.05, 4.69) is 44.9 Å². The summed E-state index contributed by atoms with van der Waals surface area (Å²) in [6.07, 6.45) is 9.02. The van der Waals surface area contributed by atoms with Crippen molar-refractivity contribution in [3.63, 3.8) is 0 Å². The molecule has 2 aliphatic carbocycles. The van der Waals surface area contributed by atoms with Gasteiger partial charge in [-0.25, -0.2) is 0 Å². The fourth-order valence-corrected chi connectivity index (χ4v) is 10.1. The number of ketones is 2. The average molecular weight is 874 g/mol. The van der Waals surface area contributed by atoms with Gasteiger partial charge in [0.1, 0.15) is 0 Å². The van der Waals surface area contributed by atoms with Gasteiger partial charge < -0.3 is 10.6 Å². The van der Waals surface area contributed by atoms with Crippen LogP contribution in [0.5, 0.6) is 0 Å². The number of aryl methyl sites for hydroxylation is 2. The van der Waals surface area contributed by atoms with Gasteiger partial charge in [-0.2, -0.15) is 0 Å². The summed E-state index contributed by atoms with van der Waals surface area (Å²) in [4.78, 5) is 59.8. The largest absolute Gasteiger partial charge is 0.346 e. The van der Waals surface area contributed by atoms with E-state index in [1.807, 2.05) is 74.5 Å². The van der Waals surface area contributed by atoms with Crippen molar-refractivity contribution in [2.75, 3.05) is 0 Å². The van der Waals surface area contributed by atoms with E-state index in [1.165, 1.54) is 11.1 Å². The highest BCUT2D eigenvalue weighted by Gasteiger charge is 2.33. The van der Waals surface area contributed by atoms with E-state index in [1.54, 1.807) is 13.8 Å². The minimum atomic E-state index is -0.478. The van der Waals surface area contributed by atoms with Crippen molar-refractivity contribution < 1.29 is 19.2 Å². The van der Waals surface area contributed by atoms with Crippen LogP contribution in [0.2, 0.25) is 10.0 Å². The molecule has 2 N–H and O–H groups in total. The van der Waals surface area contributed by atoms with Gasteiger partial charge in [-0.05, 0) is 137 Å². The van der Waals surface area contributed by atoms with Gasteiger partial charge in [0, 0.05) is 70.1 Å². The second kappa shape index (κ2) is 20.5. The molecule has 2 fully saturated rings. The molecule has 0 bridgehead atoms. The first kappa shape index (κ1) is 45.1. The Bertz CT molecular complexity index is 2200. The van der Waals surface area contributed by atoms with Gasteiger partial charge in [-0.15, -0.1) is 0 Å². The summed E-state index contributed by atoms with van der Waals surface area (Å²) in [5.41, 5.74) is 10.7. The Kier molecular flexibility index (Phi) is 14.9. The number of hydrogen-bond acceptors (Lipinski definition) is 6. The summed E-state index contributed by atoms with van der Waals surface area (Å²) < 4.78 is 0. The van der Waals surface area contributed by atoms with Crippen molar-refractivity contribution in [2.24, 2.45) is 21.8 Å². The Hall–Kier alpha value is -4.92. The van der Waals surface area contributed by atoms with Gasteiger partial charge in [0.15, 0.2) is 11.6 Å². The lowest BCUT2D eigenvalue weighted by atomic mass is 9.96. The zero-order chi connectivity index (χ0) is 43.9. The number of nitrogens with one attached hydrogen (secondary N) is 2. The summed E-state index contributed by atoms with van der Waals surface area (Å²) in [5.74, 6) is 0.922. The third-order valence-electron chi connectivity index (χ3n) is 13.1. The van der Waals surface area contributed by atoms with E-state index in [4.69, 9.17) is 23.2 Å². The van der Waals surface area contributed by atoms with Gasteiger partial charge in [0.2, 0.25) is 11.8 Å². The molecule has 0 saturated heterocycles. The Morgan fingerprint density at radius 1 is 0.597 bits per heavy atom. The highest BCUT2D eigenvalue weighted by Crippen LogP contribution is 2.40. The standard InChI is InChI=1S/2C26H29ClN2O2/c2*1-16-12-22-23(27)13-18(14-24(22)28-16)8-11-25(30)17(2)29-26(31)21-10-9-20(15-21)19-6-4-3-5-7-19/h2*3-7,13-14,17,20-21H,8-12,15H2,1-2H3,(H,29,31)/t2*17-,20+,21+/m00/s1. The number of amides is 2. The first-order valence-corrected chi connectivity index (χ1v) is 23.0. The number of Topliss-reactive ketones (excluding diaryl/α,β-unsaturated/α-hetero) is 2. The lowest BCUT2D eigenvalue weighted by Crippen LogP contribution is -2.41. The van der Waals surface area contributed by atoms with Crippen LogP contribution in [-0.4, -0.2) is 46.9 Å². The van der Waals surface area contributed by atoms with Gasteiger partial charge in [-0.3, -0.25) is 29.2 Å². The molecule has 0 unspecified atom stereocenters. The van der Waals surface area contributed by atoms with Gasteiger partial charge in [0.25, 0.3) is 0 Å². The molecule has 8 nitrogen and oxygen atoms in total. The third-order valence-corrected chi connectivity index (χ3v) is 13.8. The molecule has 0 aromatic heterocycles. The molecule has 4 aromatic rings. The van der Waals surface area contributed by atoms with Crippen molar-refractivity contribution in [3.8, 4) is 0 Å². The molecule has 0 spiro atoms. The van der Waals surface area contributed by atoms with Crippen molar-refractivity contribution in [1.82, 2.24) is 10.6 Å². The maximum absolute atomic E-state index is 12.7. The van der Waals surface area contributed by atoms with E-state index in [0.717, 1.165) is 106 Å². The highest BCUT2D eigenvalue weighted by molar-refractivity contribution is 6.32. The van der Waals surface area contributed by atoms with Gasteiger partial charge in [0.05, 0.1) is 23.5 Å². The Morgan fingerprint density at radius 3 is 1.37 bits per heavy atom. The summed E-state index contributed by atoms with van der Waals surface area (Å²) in [5, 5.41) is 7.34. The summed E-state index contributed by atoms with van der Waals surface area (Å²) in [6, 6.07) is 27.7. The maximum Gasteiger partial charge on any atom is 0.223 e. The number of carbonyl (C=O) groups excluding carboxylic acids is 4. The molecular formula is C52H58Cl2N4O4. The van der Waals surface area contributed by atoms with E-state index in [0.29, 0.717) is 37.5 Å². The van der Waals surface area contributed by atoms with Crippen LogP contribution in [-0.2, 0) is 44.9 Å². The topological polar surface area (TPSA) is 117 Å². The maximum atomic E-state index is 12.7. The molecule has 10 heteroatoms. The van der Waals surface area contributed by atoms with Crippen LogP contribution < -0.4 is 10.6 Å². The number of rotatable bonds is 14. The lowest BCUT2D eigenvalue weighted by Gasteiger charge is -2.17. The van der Waals surface area contributed by atoms with Crippen LogP contribution in [0.25, 0.3) is 0 Å². The van der Waals surface area contributed by atoms with Crippen LogP contribution in [0, 0.1) is 11.8 Å². The molecule has 8 rings (SSSR count). The van der Waals surface area contributed by atoms with Crippen molar-refractivity contribution >= 4 is 69.4 Å². The number of hydrogen-bond donors (Lipinski definition) is 2. The smallest absolute Gasteiger partial charge is 0.223 e. The quantitative estimate of drug-likeness (QED) is 0.131. The number of nitrogens with zero attached hydrogens (tertiary/aromatic N) is 2. The van der Waals surface area contributed by atoms with Crippen molar-refractivity contribution in [1.29, 1.82) is 0 Å². The zero-order valence-electron chi connectivity index (χ0n) is 36.3. The number of carbonyl (C=O) groups is 4. The molecule has 2 amide bonds. The monoisotopic (exact) mass is 872 g/mol. The predicted molar refractivity (Wildman–Crippen MR) is 251 cm³/mol. The summed E-state index contributed by atoms with van der Waals surface area (Å²) >= 11 is 12.8. The minimum Gasteiger partial charge on any atom is -0.346 e. The van der Waals surface area contributed by atoms with Crippen molar-refractivity contribution in [3.05, 3.63) is 128 Å². The van der Waals surface area contributed by atoms with E-state index < -0.39 is 12.1 Å². The van der Waals surface area contributed by atoms with Gasteiger partial charge >= 0.3 is 0 Å². The molecule has 4 aliphatic rings. The summed E-state index contributed by atoms with van der Waals surface area (Å²) in [7, 11) is 0. The first-order valence-electron chi connectivity index (χ1n) is 22.3. The molecule has 2 heterocycles. The van der Waals surface area contributed by atoms with Crippen molar-refractivity contribution in [2.45, 2.75) is 129 Å². The zero-order valence-corrected chi connectivity index (χ0v) is 37.8. The molecule has 6 atom stereocenters. The van der Waals surface area contributed by atoms with E-state index in [9.17, 15) is 19.2 Å². The SMILES string of the molecule is CC1=Nc2cc(CCC(=O)[C@H](C)NC(=O)[C@@H]3CC[C@@H](c4ccccc4)C3)cc(Cl)c2C1.CC1=Nc2cc(CCC(=O)[C@H](C)NC(=O)[C@@H]3CC[C@@H](c4ccccc4)C3)cc(Cl)c2C1. The van der Waals surface area contributed by atoms with Gasteiger partial charge in [-0.1, -0.05) is 83.9 Å². The van der Waals surface area contributed by atoms with Crippen LogP contribution >= 0.6 is 23.2 Å². The number of fused-ring (bicyclic) bond motifs is 2. The molecule has 2 saturated carbocycles. The predicted octanol–water partition coefficient (Wildman–Crippen LogP) is 11.2. The second-order valence-corrected chi connectivity index (χ2v) is 18.6. The molecule has 62 heavy (non-hydrogen) atoms. The molecular weight excluding hydrogens is 816 g/mol. The van der Waals surface area contributed by atoms with E-state index >= 15 is 0 Å². The normalized spacial score (nSPS) is 20.8. The van der Waals surface area contributed by atoms with Crippen LogP contribution in [0.1, 0.15) is 124 Å². The number of aliphatic imine (C=N–C) groups is 2. The fourth-order valence-electron chi connectivity index (χ4n) is 9.48. The Labute approximate surface area is 376 Å². The van der Waals surface area contributed by atoms with Crippen LogP contribution in [0.4, 0.5) is 11.4 Å². The van der Waals surface area contributed by atoms with E-state index in [-0.39, 0.29) is 35.2 Å². The second-order valence-electron chi connectivity index (χ2n) is 17.8. The van der Waals surface area contributed by atoms with Crippen LogP contribution in [0.15, 0.2) is 94.9 Å². The summed E-state index contributed by atoms with van der Waals surface area (Å²) in [6.45, 7) is 7.56. The minimum absolute atomic E-state index is 0.00432. The first-order chi connectivity index (χ1) is 29.8. The Morgan fingerprint density at radius 2 is 0.984 bits per heavy atom. The van der Waals surface area contributed by atoms with Crippen LogP contribution in [0.3, 0.4) is 0 Å². The highest BCUT2D eigenvalue weighted by atomic mass is 35.5. The Balaban J connectivity index is 0.000000186.